The molecule has 6 heteroatoms. The predicted molar refractivity (Wildman–Crippen MR) is 86.1 cm³/mol. The van der Waals surface area contributed by atoms with Crippen molar-refractivity contribution in [3.63, 3.8) is 0 Å². The number of carbonyl (C=O) groups is 3. The third kappa shape index (κ3) is 4.95. The van der Waals surface area contributed by atoms with E-state index in [1.165, 1.54) is 0 Å². The molecule has 1 atom stereocenters. The summed E-state index contributed by atoms with van der Waals surface area (Å²) >= 11 is 0. The highest BCUT2D eigenvalue weighted by Gasteiger charge is 2.29. The molecule has 1 aliphatic carbocycles. The largest absolute Gasteiger partial charge is 0.480 e. The van der Waals surface area contributed by atoms with Crippen LogP contribution in [0.3, 0.4) is 0 Å². The fourth-order valence-corrected chi connectivity index (χ4v) is 2.08. The van der Waals surface area contributed by atoms with Crippen LogP contribution in [-0.2, 0) is 9.59 Å². The van der Waals surface area contributed by atoms with Crippen LogP contribution in [0.5, 0.6) is 0 Å². The molecule has 1 aromatic rings. The van der Waals surface area contributed by atoms with Gasteiger partial charge in [0.2, 0.25) is 5.91 Å². The molecule has 1 aromatic carbocycles. The van der Waals surface area contributed by atoms with Crippen LogP contribution < -0.4 is 10.6 Å². The summed E-state index contributed by atoms with van der Waals surface area (Å²) in [6.45, 7) is 3.54. The average molecular weight is 316 g/mol. The first-order valence-corrected chi connectivity index (χ1v) is 7.56. The van der Waals surface area contributed by atoms with Gasteiger partial charge in [-0.1, -0.05) is 6.08 Å². The predicted octanol–water partition coefficient (Wildman–Crippen LogP) is 2.18. The highest BCUT2D eigenvalue weighted by Crippen LogP contribution is 2.30. The van der Waals surface area contributed by atoms with Crippen molar-refractivity contribution in [3.05, 3.63) is 42.5 Å². The number of anilines is 1. The molecule has 0 saturated heterocycles. The summed E-state index contributed by atoms with van der Waals surface area (Å²) in [5.41, 5.74) is 0.971. The Labute approximate surface area is 134 Å². The summed E-state index contributed by atoms with van der Waals surface area (Å²) in [6, 6.07) is 5.44. The minimum absolute atomic E-state index is 0.00225. The van der Waals surface area contributed by atoms with Gasteiger partial charge >= 0.3 is 5.97 Å². The van der Waals surface area contributed by atoms with Crippen molar-refractivity contribution in [1.82, 2.24) is 5.32 Å². The van der Waals surface area contributed by atoms with Crippen molar-refractivity contribution in [3.8, 4) is 0 Å². The SMILES string of the molecule is C=CCCC(NC(=O)c1ccc(NC(=O)C2CC2)cc1)C(=O)O. The highest BCUT2D eigenvalue weighted by atomic mass is 16.4. The van der Waals surface area contributed by atoms with Crippen LogP contribution >= 0.6 is 0 Å². The molecular formula is C17H20N2O4. The Kier molecular flexibility index (Phi) is 5.51. The summed E-state index contributed by atoms with van der Waals surface area (Å²) in [6.07, 6.45) is 4.25. The van der Waals surface area contributed by atoms with E-state index >= 15 is 0 Å². The van der Waals surface area contributed by atoms with E-state index < -0.39 is 17.9 Å². The van der Waals surface area contributed by atoms with Crippen LogP contribution in [0.25, 0.3) is 0 Å². The van der Waals surface area contributed by atoms with Gasteiger partial charge in [0.15, 0.2) is 0 Å². The Balaban J connectivity index is 1.94. The quantitative estimate of drug-likeness (QED) is 0.641. The Bertz CT molecular complexity index is 606. The first kappa shape index (κ1) is 16.7. The van der Waals surface area contributed by atoms with Crippen LogP contribution in [0.15, 0.2) is 36.9 Å². The van der Waals surface area contributed by atoms with Crippen molar-refractivity contribution in [2.24, 2.45) is 5.92 Å². The van der Waals surface area contributed by atoms with Gasteiger partial charge in [-0.25, -0.2) is 4.79 Å². The third-order valence-corrected chi connectivity index (χ3v) is 3.63. The van der Waals surface area contributed by atoms with E-state index in [1.54, 1.807) is 30.3 Å². The molecular weight excluding hydrogens is 296 g/mol. The lowest BCUT2D eigenvalue weighted by Gasteiger charge is -2.14. The second kappa shape index (κ2) is 7.58. The first-order chi connectivity index (χ1) is 11.0. The van der Waals surface area contributed by atoms with Crippen LogP contribution in [-0.4, -0.2) is 28.9 Å². The Hall–Kier alpha value is -2.63. The van der Waals surface area contributed by atoms with Crippen LogP contribution in [0.4, 0.5) is 5.69 Å². The zero-order valence-electron chi connectivity index (χ0n) is 12.7. The minimum Gasteiger partial charge on any atom is -0.480 e. The fraction of sp³-hybridized carbons (Fsp3) is 0.353. The molecule has 2 amide bonds. The standard InChI is InChI=1S/C17H20N2O4/c1-2-3-4-14(17(22)23)19-16(21)12-7-9-13(10-8-12)18-15(20)11-5-6-11/h2,7-11,14H,1,3-6H2,(H,18,20)(H,19,21)(H,22,23). The van der Waals surface area contributed by atoms with Gasteiger partial charge in [-0.05, 0) is 49.9 Å². The zero-order chi connectivity index (χ0) is 16.8. The number of amides is 2. The van der Waals surface area contributed by atoms with Gasteiger partial charge in [-0.2, -0.15) is 0 Å². The normalized spacial score (nSPS) is 14.6. The summed E-state index contributed by atoms with van der Waals surface area (Å²) in [5, 5.41) is 14.4. The maximum Gasteiger partial charge on any atom is 0.326 e. The third-order valence-electron chi connectivity index (χ3n) is 3.63. The molecule has 23 heavy (non-hydrogen) atoms. The molecule has 0 radical (unpaired) electrons. The topological polar surface area (TPSA) is 95.5 Å². The Morgan fingerprint density at radius 1 is 1.26 bits per heavy atom. The van der Waals surface area contributed by atoms with Gasteiger partial charge in [0.1, 0.15) is 6.04 Å². The molecule has 2 rings (SSSR count). The van der Waals surface area contributed by atoms with Gasteiger partial charge in [0.05, 0.1) is 0 Å². The van der Waals surface area contributed by atoms with Crippen molar-refractivity contribution in [1.29, 1.82) is 0 Å². The Morgan fingerprint density at radius 2 is 1.91 bits per heavy atom. The van der Waals surface area contributed by atoms with Crippen molar-refractivity contribution >= 4 is 23.5 Å². The van der Waals surface area contributed by atoms with E-state index in [9.17, 15) is 14.4 Å². The van der Waals surface area contributed by atoms with Crippen LogP contribution in [0.1, 0.15) is 36.0 Å². The lowest BCUT2D eigenvalue weighted by atomic mass is 10.1. The molecule has 0 aromatic heterocycles. The highest BCUT2D eigenvalue weighted by molar-refractivity contribution is 5.98. The van der Waals surface area contributed by atoms with Gasteiger partial charge in [-0.15, -0.1) is 6.58 Å². The Morgan fingerprint density at radius 3 is 2.43 bits per heavy atom. The number of hydrogen-bond acceptors (Lipinski definition) is 3. The van der Waals surface area contributed by atoms with Gasteiger partial charge in [0, 0.05) is 17.2 Å². The van der Waals surface area contributed by atoms with Crippen molar-refractivity contribution in [2.75, 3.05) is 5.32 Å². The van der Waals surface area contributed by atoms with E-state index in [0.29, 0.717) is 24.1 Å². The molecule has 1 fully saturated rings. The van der Waals surface area contributed by atoms with E-state index in [4.69, 9.17) is 5.11 Å². The molecule has 122 valence electrons. The molecule has 0 spiro atoms. The number of allylic oxidation sites excluding steroid dienone is 1. The lowest BCUT2D eigenvalue weighted by Crippen LogP contribution is -2.40. The molecule has 1 aliphatic rings. The van der Waals surface area contributed by atoms with Gasteiger partial charge in [-0.3, -0.25) is 9.59 Å². The maximum atomic E-state index is 12.1. The summed E-state index contributed by atoms with van der Waals surface area (Å²) in [7, 11) is 0. The lowest BCUT2D eigenvalue weighted by molar-refractivity contribution is -0.139. The average Bonchev–Trinajstić information content (AvgIpc) is 3.36. The molecule has 1 saturated carbocycles. The number of hydrogen-bond donors (Lipinski definition) is 3. The minimum atomic E-state index is -1.08. The first-order valence-electron chi connectivity index (χ1n) is 7.56. The van der Waals surface area contributed by atoms with Crippen molar-refractivity contribution in [2.45, 2.75) is 31.7 Å². The smallest absolute Gasteiger partial charge is 0.326 e. The van der Waals surface area contributed by atoms with Gasteiger partial charge < -0.3 is 15.7 Å². The zero-order valence-corrected chi connectivity index (χ0v) is 12.7. The monoisotopic (exact) mass is 316 g/mol. The summed E-state index contributed by atoms with van der Waals surface area (Å²) in [5.74, 6) is -1.42. The maximum absolute atomic E-state index is 12.1. The molecule has 6 nitrogen and oxygen atoms in total. The number of carboxylic acids is 1. The number of carboxylic acid groups (broad SMARTS) is 1. The second-order valence-electron chi connectivity index (χ2n) is 5.57. The van der Waals surface area contributed by atoms with Crippen LogP contribution in [0.2, 0.25) is 0 Å². The van der Waals surface area contributed by atoms with Gasteiger partial charge in [0.25, 0.3) is 5.91 Å². The summed E-state index contributed by atoms with van der Waals surface area (Å²) in [4.78, 5) is 34.9. The number of rotatable bonds is 8. The number of nitrogens with one attached hydrogen (secondary N) is 2. The molecule has 1 unspecified atom stereocenters. The number of carbonyl (C=O) groups excluding carboxylic acids is 2. The van der Waals surface area contributed by atoms with E-state index in [2.05, 4.69) is 17.2 Å². The second-order valence-corrected chi connectivity index (χ2v) is 5.57. The molecule has 0 heterocycles. The summed E-state index contributed by atoms with van der Waals surface area (Å²) < 4.78 is 0. The molecule has 0 bridgehead atoms. The fourth-order valence-electron chi connectivity index (χ4n) is 2.08. The van der Waals surface area contributed by atoms with Crippen molar-refractivity contribution < 1.29 is 19.5 Å². The molecule has 0 aliphatic heterocycles. The number of aliphatic carboxylic acids is 1. The van der Waals surface area contributed by atoms with E-state index in [0.717, 1.165) is 12.8 Å². The van der Waals surface area contributed by atoms with E-state index in [1.807, 2.05) is 0 Å². The van der Waals surface area contributed by atoms with E-state index in [-0.39, 0.29) is 11.8 Å². The van der Waals surface area contributed by atoms with Crippen LogP contribution in [0, 0.1) is 5.92 Å². The number of benzene rings is 1. The molecule has 3 N–H and O–H groups in total.